The zero-order chi connectivity index (χ0) is 10.1. The van der Waals surface area contributed by atoms with Gasteiger partial charge in [0.15, 0.2) is 0 Å². The lowest BCUT2D eigenvalue weighted by molar-refractivity contribution is -0.119. The molecular weight excluding hydrogens is 194 g/mol. The summed E-state index contributed by atoms with van der Waals surface area (Å²) in [5, 5.41) is 2.83. The van der Waals surface area contributed by atoms with Gasteiger partial charge in [-0.15, -0.1) is 0 Å². The summed E-state index contributed by atoms with van der Waals surface area (Å²) in [5.74, 6) is -0.446. The van der Waals surface area contributed by atoms with Crippen molar-refractivity contribution in [3.8, 4) is 0 Å². The van der Waals surface area contributed by atoms with Crippen molar-refractivity contribution < 1.29 is 13.2 Å². The monoisotopic (exact) mass is 207 g/mol. The van der Waals surface area contributed by atoms with Gasteiger partial charge in [0.2, 0.25) is 15.9 Å². The smallest absolute Gasteiger partial charge is 0.234 e. The lowest BCUT2D eigenvalue weighted by Gasteiger charge is -2.08. The Hall–Kier alpha value is -0.660. The summed E-state index contributed by atoms with van der Waals surface area (Å²) in [6.45, 7) is 0.445. The Balaban J connectivity index is 2.47. The number of nitrogens with one attached hydrogen (secondary N) is 2. The lowest BCUT2D eigenvalue weighted by Crippen LogP contribution is -2.36. The van der Waals surface area contributed by atoms with Crippen molar-refractivity contribution in [2.24, 2.45) is 5.73 Å². The van der Waals surface area contributed by atoms with E-state index in [2.05, 4.69) is 10.0 Å². The fraction of sp³-hybridized carbons (Fsp3) is 0.833. The summed E-state index contributed by atoms with van der Waals surface area (Å²) < 4.78 is 24.0. The molecule has 4 N–H and O–H groups in total. The minimum absolute atomic E-state index is 0.229. The molecule has 0 saturated carbocycles. The Morgan fingerprint density at radius 2 is 2.23 bits per heavy atom. The predicted octanol–water partition coefficient (Wildman–Crippen LogP) is -2.25. The molecule has 0 radical (unpaired) electrons. The fourth-order valence-electron chi connectivity index (χ4n) is 1.34. The third-order valence-electron chi connectivity index (χ3n) is 1.86. The maximum atomic E-state index is 10.8. The van der Waals surface area contributed by atoms with Gasteiger partial charge in [0.05, 0.1) is 12.3 Å². The first-order valence-corrected chi connectivity index (χ1v) is 5.77. The highest BCUT2D eigenvalue weighted by atomic mass is 32.2. The number of nitrogens with two attached hydrogens (primary N) is 1. The van der Waals surface area contributed by atoms with Gasteiger partial charge in [-0.2, -0.15) is 0 Å². The molecule has 0 bridgehead atoms. The van der Waals surface area contributed by atoms with Crippen molar-refractivity contribution in [2.75, 3.05) is 12.8 Å². The van der Waals surface area contributed by atoms with Crippen LogP contribution in [-0.4, -0.2) is 39.2 Å². The summed E-state index contributed by atoms with van der Waals surface area (Å²) >= 11 is 0. The van der Waals surface area contributed by atoms with Crippen molar-refractivity contribution >= 4 is 15.9 Å². The SMILES string of the molecule is CS(=O)(=O)NC1CN[C@@H](C(N)=O)C1. The van der Waals surface area contributed by atoms with E-state index in [1.165, 1.54) is 0 Å². The molecule has 1 unspecified atom stereocenters. The molecule has 0 spiro atoms. The first-order valence-electron chi connectivity index (χ1n) is 3.88. The van der Waals surface area contributed by atoms with Crippen LogP contribution in [0.5, 0.6) is 0 Å². The zero-order valence-electron chi connectivity index (χ0n) is 7.28. The molecule has 1 heterocycles. The van der Waals surface area contributed by atoms with Crippen LogP contribution in [0, 0.1) is 0 Å². The van der Waals surface area contributed by atoms with Crippen LogP contribution in [0.3, 0.4) is 0 Å². The number of carbonyl (C=O) groups is 1. The third-order valence-corrected chi connectivity index (χ3v) is 2.62. The van der Waals surface area contributed by atoms with E-state index in [9.17, 15) is 13.2 Å². The molecule has 0 aromatic heterocycles. The number of carbonyl (C=O) groups excluding carboxylic acids is 1. The van der Waals surface area contributed by atoms with Gasteiger partial charge < -0.3 is 11.1 Å². The van der Waals surface area contributed by atoms with Crippen molar-refractivity contribution in [3.63, 3.8) is 0 Å². The largest absolute Gasteiger partial charge is 0.368 e. The van der Waals surface area contributed by atoms with Crippen LogP contribution in [-0.2, 0) is 14.8 Å². The van der Waals surface area contributed by atoms with E-state index in [1.807, 2.05) is 0 Å². The molecule has 0 aliphatic carbocycles. The first-order chi connectivity index (χ1) is 5.88. The maximum Gasteiger partial charge on any atom is 0.234 e. The number of sulfonamides is 1. The Labute approximate surface area is 76.9 Å². The van der Waals surface area contributed by atoms with E-state index in [0.29, 0.717) is 13.0 Å². The van der Waals surface area contributed by atoms with Crippen LogP contribution in [0.15, 0.2) is 0 Å². The average Bonchev–Trinajstić information content (AvgIpc) is 2.31. The van der Waals surface area contributed by atoms with Crippen molar-refractivity contribution in [3.05, 3.63) is 0 Å². The van der Waals surface area contributed by atoms with Crippen LogP contribution in [0.2, 0.25) is 0 Å². The van der Waals surface area contributed by atoms with Crippen LogP contribution in [0.25, 0.3) is 0 Å². The Morgan fingerprint density at radius 1 is 1.62 bits per heavy atom. The normalized spacial score (nSPS) is 29.0. The Bertz CT molecular complexity index is 300. The molecule has 1 aliphatic rings. The lowest BCUT2D eigenvalue weighted by atomic mass is 10.2. The van der Waals surface area contributed by atoms with Crippen LogP contribution in [0.4, 0.5) is 0 Å². The van der Waals surface area contributed by atoms with Gasteiger partial charge in [0.1, 0.15) is 0 Å². The highest BCUT2D eigenvalue weighted by Gasteiger charge is 2.29. The van der Waals surface area contributed by atoms with Gasteiger partial charge in [-0.3, -0.25) is 4.79 Å². The molecule has 76 valence electrons. The standard InChI is InChI=1S/C6H13N3O3S/c1-13(11,12)9-4-2-5(6(7)10)8-3-4/h4-5,8-9H,2-3H2,1H3,(H2,7,10)/t4?,5-/m1/s1. The predicted molar refractivity (Wildman–Crippen MR) is 47.4 cm³/mol. The topological polar surface area (TPSA) is 101 Å². The van der Waals surface area contributed by atoms with E-state index in [1.54, 1.807) is 0 Å². The second kappa shape index (κ2) is 3.60. The number of primary amides is 1. The molecule has 6 nitrogen and oxygen atoms in total. The third kappa shape index (κ3) is 3.29. The highest BCUT2D eigenvalue weighted by molar-refractivity contribution is 7.88. The van der Waals surface area contributed by atoms with Crippen LogP contribution in [0.1, 0.15) is 6.42 Å². The molecule has 7 heteroatoms. The maximum absolute atomic E-state index is 10.8. The number of rotatable bonds is 3. The van der Waals surface area contributed by atoms with Crippen molar-refractivity contribution in [2.45, 2.75) is 18.5 Å². The summed E-state index contributed by atoms with van der Waals surface area (Å²) in [5.41, 5.74) is 5.05. The Morgan fingerprint density at radius 3 is 2.62 bits per heavy atom. The van der Waals surface area contributed by atoms with Gasteiger partial charge in [-0.25, -0.2) is 13.1 Å². The van der Waals surface area contributed by atoms with Crippen LogP contribution < -0.4 is 15.8 Å². The van der Waals surface area contributed by atoms with Crippen LogP contribution >= 0.6 is 0 Å². The highest BCUT2D eigenvalue weighted by Crippen LogP contribution is 2.06. The zero-order valence-corrected chi connectivity index (χ0v) is 8.10. The molecule has 0 aromatic rings. The summed E-state index contributed by atoms with van der Waals surface area (Å²) in [7, 11) is -3.20. The van der Waals surface area contributed by atoms with Gasteiger partial charge in [0.25, 0.3) is 0 Å². The molecule has 13 heavy (non-hydrogen) atoms. The second-order valence-electron chi connectivity index (χ2n) is 3.19. The first kappa shape index (κ1) is 10.4. The van der Waals surface area contributed by atoms with Gasteiger partial charge in [-0.05, 0) is 6.42 Å². The molecule has 1 aliphatic heterocycles. The molecule has 2 atom stereocenters. The van der Waals surface area contributed by atoms with Gasteiger partial charge in [-0.1, -0.05) is 0 Å². The molecule has 1 fully saturated rings. The number of hydrogen-bond donors (Lipinski definition) is 3. The van der Waals surface area contributed by atoms with E-state index < -0.39 is 22.0 Å². The molecule has 0 aromatic carbocycles. The molecule has 1 amide bonds. The summed E-state index contributed by atoms with van der Waals surface area (Å²) in [6.07, 6.45) is 1.51. The molecule has 1 saturated heterocycles. The van der Waals surface area contributed by atoms with E-state index in [0.717, 1.165) is 6.26 Å². The molecular formula is C6H13N3O3S. The minimum atomic E-state index is -3.20. The van der Waals surface area contributed by atoms with E-state index >= 15 is 0 Å². The second-order valence-corrected chi connectivity index (χ2v) is 4.97. The minimum Gasteiger partial charge on any atom is -0.368 e. The van der Waals surface area contributed by atoms with Gasteiger partial charge >= 0.3 is 0 Å². The van der Waals surface area contributed by atoms with Crippen molar-refractivity contribution in [1.82, 2.24) is 10.0 Å². The van der Waals surface area contributed by atoms with Crippen molar-refractivity contribution in [1.29, 1.82) is 0 Å². The summed E-state index contributed by atoms with van der Waals surface area (Å²) in [4.78, 5) is 10.7. The fourth-order valence-corrected chi connectivity index (χ4v) is 2.13. The van der Waals surface area contributed by atoms with E-state index in [4.69, 9.17) is 5.73 Å². The average molecular weight is 207 g/mol. The Kier molecular flexibility index (Phi) is 2.89. The number of amides is 1. The quantitative estimate of drug-likeness (QED) is 0.486. The van der Waals surface area contributed by atoms with E-state index in [-0.39, 0.29) is 6.04 Å². The summed E-state index contributed by atoms with van der Waals surface area (Å²) in [6, 6.07) is -0.647. The number of hydrogen-bond acceptors (Lipinski definition) is 4. The molecule has 1 rings (SSSR count). The van der Waals surface area contributed by atoms with Gasteiger partial charge in [0, 0.05) is 12.6 Å².